The fourth-order valence-corrected chi connectivity index (χ4v) is 7.06. The second kappa shape index (κ2) is 8.56. The Hall–Kier alpha value is -2.04. The van der Waals surface area contributed by atoms with Crippen LogP contribution in [0.5, 0.6) is 0 Å². The first-order valence-electron chi connectivity index (χ1n) is 8.54. The molecule has 0 N–H and O–H groups in total. The molecule has 0 atom stereocenters. The number of hydrogen-bond donors (Lipinski definition) is 0. The normalized spacial score (nSPS) is 10.8. The van der Waals surface area contributed by atoms with E-state index >= 15 is 0 Å². The first kappa shape index (κ1) is 17.4. The van der Waals surface area contributed by atoms with E-state index in [0.29, 0.717) is 0 Å². The maximum absolute atomic E-state index is 2.32. The molecule has 0 heterocycles. The topological polar surface area (TPSA) is 0 Å². The van der Waals surface area contributed by atoms with Gasteiger partial charge in [0.1, 0.15) is 0 Å². The average Bonchev–Trinajstić information content (AvgIpc) is 2.72. The fourth-order valence-electron chi connectivity index (χ4n) is 2.76. The molecule has 0 unspecified atom stereocenters. The predicted octanol–water partition coefficient (Wildman–Crippen LogP) is 2.91. The van der Waals surface area contributed by atoms with E-state index in [4.69, 9.17) is 0 Å². The maximum atomic E-state index is 2.32. The van der Waals surface area contributed by atoms with E-state index in [1.165, 1.54) is 21.8 Å². The summed E-state index contributed by atoms with van der Waals surface area (Å²) in [5.74, 6) is 0. The highest BCUT2D eigenvalue weighted by atomic mass is 127. The van der Waals surface area contributed by atoms with Crippen LogP contribution >= 0.6 is 0 Å². The third-order valence-electron chi connectivity index (χ3n) is 3.96. The molecule has 0 aliphatic heterocycles. The lowest BCUT2D eigenvalue weighted by atomic mass is 10.4. The van der Waals surface area contributed by atoms with Gasteiger partial charge in [0.05, 0.1) is 10.9 Å². The van der Waals surface area contributed by atoms with Gasteiger partial charge < -0.3 is 0 Å². The first-order chi connectivity index (χ1) is 12.9. The summed E-state index contributed by atoms with van der Waals surface area (Å²) in [5.41, 5.74) is 0. The summed E-state index contributed by atoms with van der Waals surface area (Å²) in [6, 6.07) is 41.8. The van der Waals surface area contributed by atoms with Crippen LogP contribution in [0.2, 0.25) is 0 Å². The number of rotatable bonds is 5. The lowest BCUT2D eigenvalue weighted by molar-refractivity contribution is -0.597. The summed E-state index contributed by atoms with van der Waals surface area (Å²) in [7, 11) is -0.0571. The predicted molar refractivity (Wildman–Crippen MR) is 105 cm³/mol. The van der Waals surface area contributed by atoms with E-state index in [9.17, 15) is 0 Å². The second-order valence-electron chi connectivity index (χ2n) is 5.78. The minimum absolute atomic E-state index is 0.0571. The molecule has 4 rings (SSSR count). The van der Waals surface area contributed by atoms with Crippen LogP contribution in [-0.2, 0) is 10.9 Å². The smallest absolute Gasteiger partial charge is 0.0619 e. The Kier molecular flexibility index (Phi) is 5.72. The van der Waals surface area contributed by atoms with Crippen molar-refractivity contribution in [3.8, 4) is 0 Å². The van der Waals surface area contributed by atoms with Crippen LogP contribution in [0.4, 0.5) is 0 Å². The molecule has 0 spiro atoms. The van der Waals surface area contributed by atoms with Gasteiger partial charge in [-0.1, -0.05) is 54.6 Å². The van der Waals surface area contributed by atoms with Gasteiger partial charge in [-0.3, -0.25) is 0 Å². The van der Waals surface area contributed by atoms with E-state index < -0.39 is 0 Å². The number of benzene rings is 4. The fraction of sp³-hybridized carbons (Fsp3) is 0. The molecule has 26 heavy (non-hydrogen) atoms. The lowest BCUT2D eigenvalue weighted by Gasteiger charge is -2.07. The van der Waals surface area contributed by atoms with Crippen molar-refractivity contribution in [1.29, 1.82) is 0 Å². The Labute approximate surface area is 168 Å². The zero-order valence-electron chi connectivity index (χ0n) is 14.3. The molecule has 0 nitrogen and oxygen atoms in total. The second-order valence-corrected chi connectivity index (χ2v) is 10.8. The standard InChI is InChI=1S/C24H19IS/c1-4-10-20(11-5-1)25-21-16-18-24(19-17-21)26(22-12-6-2-7-13-22)23-14-8-3-9-15-23/h1-19H/q+2. The molecule has 0 fully saturated rings. The number of hydrogen-bond acceptors (Lipinski definition) is 0. The largest absolute Gasteiger partial charge is 0.357 e. The van der Waals surface area contributed by atoms with Crippen LogP contribution in [0, 0.1) is 7.14 Å². The van der Waals surface area contributed by atoms with Crippen molar-refractivity contribution in [3.05, 3.63) is 122 Å². The van der Waals surface area contributed by atoms with Gasteiger partial charge in [0.15, 0.2) is 21.8 Å². The SMILES string of the molecule is c1ccc([I+]c2ccc([S+](c3ccccc3)c3ccccc3)cc2)cc1. The summed E-state index contributed by atoms with van der Waals surface area (Å²) in [5, 5.41) is 0. The summed E-state index contributed by atoms with van der Waals surface area (Å²) >= 11 is -0.111. The van der Waals surface area contributed by atoms with Gasteiger partial charge in [-0.05, 0) is 60.7 Å². The molecule has 0 saturated carbocycles. The lowest BCUT2D eigenvalue weighted by Crippen LogP contribution is -3.61. The van der Waals surface area contributed by atoms with Gasteiger partial charge in [0.2, 0.25) is 0 Å². The molecule has 126 valence electrons. The third-order valence-corrected chi connectivity index (χ3v) is 8.87. The Morgan fingerprint density at radius 2 is 0.769 bits per heavy atom. The summed E-state index contributed by atoms with van der Waals surface area (Å²) in [6.07, 6.45) is 0. The van der Waals surface area contributed by atoms with Crippen LogP contribution in [0.15, 0.2) is 130 Å². The van der Waals surface area contributed by atoms with Crippen molar-refractivity contribution < 1.29 is 21.2 Å². The number of halogens is 1. The molecule has 0 bridgehead atoms. The third kappa shape index (κ3) is 4.19. The molecule has 0 aromatic heterocycles. The minimum Gasteiger partial charge on any atom is -0.0619 e. The molecule has 4 aromatic carbocycles. The van der Waals surface area contributed by atoms with Gasteiger partial charge in [0.25, 0.3) is 0 Å². The molecule has 0 amide bonds. The molecule has 0 radical (unpaired) electrons. The van der Waals surface area contributed by atoms with E-state index in [0.717, 1.165) is 0 Å². The highest BCUT2D eigenvalue weighted by Crippen LogP contribution is 2.30. The quantitative estimate of drug-likeness (QED) is 0.314. The van der Waals surface area contributed by atoms with Crippen LogP contribution < -0.4 is 21.2 Å². The van der Waals surface area contributed by atoms with E-state index in [1.807, 2.05) is 0 Å². The maximum Gasteiger partial charge on any atom is 0.357 e. The van der Waals surface area contributed by atoms with E-state index in [1.54, 1.807) is 0 Å². The molecule has 0 saturated heterocycles. The Morgan fingerprint density at radius 1 is 0.385 bits per heavy atom. The van der Waals surface area contributed by atoms with Crippen molar-refractivity contribution in [2.45, 2.75) is 14.7 Å². The van der Waals surface area contributed by atoms with Crippen molar-refractivity contribution in [2.75, 3.05) is 0 Å². The molecule has 0 aliphatic rings. The van der Waals surface area contributed by atoms with Crippen LogP contribution in [0.3, 0.4) is 0 Å². The van der Waals surface area contributed by atoms with Gasteiger partial charge in [0, 0.05) is 0 Å². The van der Waals surface area contributed by atoms with E-state index in [-0.39, 0.29) is 32.1 Å². The molecule has 4 aromatic rings. The monoisotopic (exact) mass is 466 g/mol. The highest BCUT2D eigenvalue weighted by molar-refractivity contribution is 7.97. The van der Waals surface area contributed by atoms with Crippen LogP contribution in [-0.4, -0.2) is 0 Å². The zero-order valence-corrected chi connectivity index (χ0v) is 17.2. The van der Waals surface area contributed by atoms with Crippen molar-refractivity contribution in [3.63, 3.8) is 0 Å². The van der Waals surface area contributed by atoms with Crippen LogP contribution in [0.1, 0.15) is 0 Å². The Balaban J connectivity index is 1.66. The molecular weight excluding hydrogens is 447 g/mol. The van der Waals surface area contributed by atoms with Gasteiger partial charge in [-0.15, -0.1) is 0 Å². The summed E-state index contributed by atoms with van der Waals surface area (Å²) < 4.78 is 2.92. The highest BCUT2D eigenvalue weighted by Gasteiger charge is 2.29. The summed E-state index contributed by atoms with van der Waals surface area (Å²) in [4.78, 5) is 4.11. The van der Waals surface area contributed by atoms with Gasteiger partial charge in [-0.2, -0.15) is 0 Å². The van der Waals surface area contributed by atoms with Gasteiger partial charge >= 0.3 is 21.2 Å². The van der Waals surface area contributed by atoms with Crippen molar-refractivity contribution in [2.24, 2.45) is 0 Å². The van der Waals surface area contributed by atoms with Crippen molar-refractivity contribution in [1.82, 2.24) is 0 Å². The first-order valence-corrected chi connectivity index (χ1v) is 11.9. The van der Waals surface area contributed by atoms with Crippen molar-refractivity contribution >= 4 is 10.9 Å². The minimum atomic E-state index is -0.111. The van der Waals surface area contributed by atoms with E-state index in [2.05, 4.69) is 115 Å². The average molecular weight is 466 g/mol. The molecule has 2 heteroatoms. The Morgan fingerprint density at radius 3 is 1.27 bits per heavy atom. The van der Waals surface area contributed by atoms with Gasteiger partial charge in [-0.25, -0.2) is 0 Å². The molecular formula is C24H19IS+2. The summed E-state index contributed by atoms with van der Waals surface area (Å²) in [6.45, 7) is 0. The molecule has 0 aliphatic carbocycles. The Bertz CT molecular complexity index is 896. The zero-order chi connectivity index (χ0) is 17.6. The van der Waals surface area contributed by atoms with Crippen LogP contribution in [0.25, 0.3) is 0 Å².